The molecule has 0 fully saturated rings. The van der Waals surface area contributed by atoms with Gasteiger partial charge in [-0.2, -0.15) is 5.10 Å². The van der Waals surface area contributed by atoms with Crippen molar-refractivity contribution in [3.05, 3.63) is 23.7 Å². The van der Waals surface area contributed by atoms with E-state index in [1.165, 1.54) is 16.9 Å². The van der Waals surface area contributed by atoms with Crippen LogP contribution in [-0.2, 0) is 20.0 Å². The van der Waals surface area contributed by atoms with E-state index < -0.39 is 0 Å². The number of thiazole rings is 1. The third-order valence-corrected chi connectivity index (χ3v) is 3.06. The minimum atomic E-state index is 0.726. The minimum absolute atomic E-state index is 0.726. The molecule has 0 aromatic carbocycles. The lowest BCUT2D eigenvalue weighted by Gasteiger charge is -2.01. The van der Waals surface area contributed by atoms with Crippen LogP contribution in [-0.4, -0.2) is 14.8 Å². The SMILES string of the molecule is CCc1nn(C)cc1CNc1ncc(N)s1. The summed E-state index contributed by atoms with van der Waals surface area (Å²) in [4.78, 5) is 4.15. The smallest absolute Gasteiger partial charge is 0.184 e. The maximum absolute atomic E-state index is 5.61. The number of aryl methyl sites for hydroxylation is 2. The van der Waals surface area contributed by atoms with E-state index in [0.29, 0.717) is 0 Å². The Morgan fingerprint density at radius 2 is 2.38 bits per heavy atom. The Morgan fingerprint density at radius 1 is 1.56 bits per heavy atom. The molecule has 0 aliphatic carbocycles. The van der Waals surface area contributed by atoms with Gasteiger partial charge in [-0.1, -0.05) is 18.3 Å². The number of nitrogens with two attached hydrogens (primary N) is 1. The molecule has 3 N–H and O–H groups in total. The number of hydrogen-bond acceptors (Lipinski definition) is 5. The maximum atomic E-state index is 5.61. The maximum Gasteiger partial charge on any atom is 0.184 e. The van der Waals surface area contributed by atoms with Crippen LogP contribution in [0.2, 0.25) is 0 Å². The van der Waals surface area contributed by atoms with Crippen LogP contribution in [0.1, 0.15) is 18.2 Å². The Kier molecular flexibility index (Phi) is 3.09. The summed E-state index contributed by atoms with van der Waals surface area (Å²) in [5.74, 6) is 0. The lowest BCUT2D eigenvalue weighted by atomic mass is 10.2. The molecule has 16 heavy (non-hydrogen) atoms. The predicted octanol–water partition coefficient (Wildman–Crippen LogP) is 1.63. The van der Waals surface area contributed by atoms with Crippen molar-refractivity contribution >= 4 is 21.5 Å². The molecular formula is C10H15N5S. The standard InChI is InChI=1S/C10H15N5S/c1-3-8-7(6-15(2)14-8)4-12-10-13-5-9(11)16-10/h5-6H,3-4,11H2,1-2H3,(H,12,13). The molecule has 5 nitrogen and oxygen atoms in total. The van der Waals surface area contributed by atoms with E-state index in [2.05, 4.69) is 22.3 Å². The van der Waals surface area contributed by atoms with Gasteiger partial charge < -0.3 is 11.1 Å². The van der Waals surface area contributed by atoms with Gasteiger partial charge in [-0.05, 0) is 6.42 Å². The van der Waals surface area contributed by atoms with Crippen LogP contribution >= 0.6 is 11.3 Å². The quantitative estimate of drug-likeness (QED) is 0.848. The number of hydrogen-bond donors (Lipinski definition) is 2. The first-order chi connectivity index (χ1) is 7.69. The fourth-order valence-electron chi connectivity index (χ4n) is 1.57. The number of rotatable bonds is 4. The molecule has 2 aromatic heterocycles. The van der Waals surface area contributed by atoms with Gasteiger partial charge in [-0.3, -0.25) is 4.68 Å². The Hall–Kier alpha value is -1.56. The van der Waals surface area contributed by atoms with Crippen LogP contribution in [0.15, 0.2) is 12.4 Å². The van der Waals surface area contributed by atoms with Gasteiger partial charge in [-0.25, -0.2) is 4.98 Å². The molecule has 0 amide bonds. The third kappa shape index (κ3) is 2.33. The van der Waals surface area contributed by atoms with Gasteiger partial charge in [0.1, 0.15) is 5.00 Å². The average Bonchev–Trinajstić information content (AvgIpc) is 2.81. The van der Waals surface area contributed by atoms with Crippen molar-refractivity contribution < 1.29 is 0 Å². The summed E-state index contributed by atoms with van der Waals surface area (Å²) < 4.78 is 1.84. The molecule has 0 radical (unpaired) electrons. The van der Waals surface area contributed by atoms with Crippen LogP contribution in [0.3, 0.4) is 0 Å². The second-order valence-electron chi connectivity index (χ2n) is 3.55. The number of anilines is 2. The Balaban J connectivity index is 2.04. The minimum Gasteiger partial charge on any atom is -0.389 e. The van der Waals surface area contributed by atoms with Crippen molar-refractivity contribution in [2.75, 3.05) is 11.1 Å². The van der Waals surface area contributed by atoms with Gasteiger partial charge in [0.15, 0.2) is 5.13 Å². The highest BCUT2D eigenvalue weighted by Gasteiger charge is 2.06. The first-order valence-electron chi connectivity index (χ1n) is 5.15. The zero-order valence-electron chi connectivity index (χ0n) is 9.40. The number of nitrogens with one attached hydrogen (secondary N) is 1. The van der Waals surface area contributed by atoms with E-state index >= 15 is 0 Å². The van der Waals surface area contributed by atoms with Gasteiger partial charge in [0.2, 0.25) is 0 Å². The highest BCUT2D eigenvalue weighted by molar-refractivity contribution is 7.19. The fraction of sp³-hybridized carbons (Fsp3) is 0.400. The molecule has 0 saturated heterocycles. The Morgan fingerprint density at radius 3 is 3.00 bits per heavy atom. The van der Waals surface area contributed by atoms with Crippen LogP contribution in [0.25, 0.3) is 0 Å². The average molecular weight is 237 g/mol. The van der Waals surface area contributed by atoms with Crippen molar-refractivity contribution in [1.82, 2.24) is 14.8 Å². The first kappa shape index (κ1) is 10.9. The molecule has 0 aliphatic rings. The third-order valence-electron chi connectivity index (χ3n) is 2.28. The second kappa shape index (κ2) is 4.52. The van der Waals surface area contributed by atoms with Crippen molar-refractivity contribution in [2.45, 2.75) is 19.9 Å². The Bertz CT molecular complexity index is 473. The van der Waals surface area contributed by atoms with Gasteiger partial charge >= 0.3 is 0 Å². The molecule has 2 rings (SSSR count). The second-order valence-corrected chi connectivity index (χ2v) is 4.61. The molecule has 0 atom stereocenters. The van der Waals surface area contributed by atoms with E-state index in [1.54, 1.807) is 6.20 Å². The van der Waals surface area contributed by atoms with Gasteiger partial charge in [0.25, 0.3) is 0 Å². The van der Waals surface area contributed by atoms with Crippen molar-refractivity contribution in [3.8, 4) is 0 Å². The summed E-state index contributed by atoms with van der Waals surface area (Å²) in [6.45, 7) is 2.84. The summed E-state index contributed by atoms with van der Waals surface area (Å²) in [6.07, 6.45) is 4.64. The van der Waals surface area contributed by atoms with E-state index in [-0.39, 0.29) is 0 Å². The highest BCUT2D eigenvalue weighted by atomic mass is 32.1. The van der Waals surface area contributed by atoms with Crippen molar-refractivity contribution in [3.63, 3.8) is 0 Å². The van der Waals surface area contributed by atoms with Crippen molar-refractivity contribution in [2.24, 2.45) is 7.05 Å². The topological polar surface area (TPSA) is 68.8 Å². The molecule has 2 aromatic rings. The van der Waals surface area contributed by atoms with E-state index in [0.717, 1.165) is 28.8 Å². The molecule has 2 heterocycles. The normalized spacial score (nSPS) is 10.6. The molecule has 0 saturated carbocycles. The lowest BCUT2D eigenvalue weighted by molar-refractivity contribution is 0.746. The fourth-order valence-corrected chi connectivity index (χ4v) is 2.15. The number of nitrogens with zero attached hydrogens (tertiary/aromatic N) is 3. The molecule has 86 valence electrons. The molecule has 0 bridgehead atoms. The molecule has 0 unspecified atom stereocenters. The lowest BCUT2D eigenvalue weighted by Crippen LogP contribution is -2.00. The molecule has 0 spiro atoms. The predicted molar refractivity (Wildman–Crippen MR) is 66.4 cm³/mol. The summed E-state index contributed by atoms with van der Waals surface area (Å²) >= 11 is 1.46. The first-order valence-corrected chi connectivity index (χ1v) is 5.97. The zero-order valence-corrected chi connectivity index (χ0v) is 10.2. The van der Waals surface area contributed by atoms with Crippen LogP contribution < -0.4 is 11.1 Å². The van der Waals surface area contributed by atoms with Crippen LogP contribution in [0, 0.1) is 0 Å². The van der Waals surface area contributed by atoms with Gasteiger partial charge in [-0.15, -0.1) is 0 Å². The van der Waals surface area contributed by atoms with Gasteiger partial charge in [0.05, 0.1) is 11.9 Å². The van der Waals surface area contributed by atoms with Gasteiger partial charge in [0, 0.05) is 25.4 Å². The number of aromatic nitrogens is 3. The van der Waals surface area contributed by atoms with Crippen molar-refractivity contribution in [1.29, 1.82) is 0 Å². The zero-order chi connectivity index (χ0) is 11.5. The van der Waals surface area contributed by atoms with E-state index in [9.17, 15) is 0 Å². The summed E-state index contributed by atoms with van der Waals surface area (Å²) in [5.41, 5.74) is 7.94. The number of nitrogen functional groups attached to an aromatic ring is 1. The highest BCUT2D eigenvalue weighted by Crippen LogP contribution is 2.20. The molecular weight excluding hydrogens is 222 g/mol. The summed E-state index contributed by atoms with van der Waals surface area (Å²) in [5, 5.41) is 9.20. The summed E-state index contributed by atoms with van der Waals surface area (Å²) in [7, 11) is 1.93. The monoisotopic (exact) mass is 237 g/mol. The molecule has 6 heteroatoms. The Labute approximate surface area is 98.3 Å². The van der Waals surface area contributed by atoms with Crippen LogP contribution in [0.4, 0.5) is 10.1 Å². The largest absolute Gasteiger partial charge is 0.389 e. The summed E-state index contributed by atoms with van der Waals surface area (Å²) in [6, 6.07) is 0. The van der Waals surface area contributed by atoms with Crippen LogP contribution in [0.5, 0.6) is 0 Å². The van der Waals surface area contributed by atoms with E-state index in [1.807, 2.05) is 17.9 Å². The molecule has 0 aliphatic heterocycles. The van der Waals surface area contributed by atoms with E-state index in [4.69, 9.17) is 5.73 Å².